The molecular weight excluding hydrogens is 477 g/mol. The zero-order valence-electron chi connectivity index (χ0n) is 20.7. The number of methoxy groups -OCH3 is 1. The summed E-state index contributed by atoms with van der Waals surface area (Å²) in [7, 11) is 1.60. The van der Waals surface area contributed by atoms with E-state index in [9.17, 15) is 9.90 Å². The second-order valence-corrected chi connectivity index (χ2v) is 10.6. The maximum atomic E-state index is 15.5. The van der Waals surface area contributed by atoms with E-state index in [4.69, 9.17) is 4.74 Å². The molecule has 0 bridgehead atoms. The number of nitrogens with zero attached hydrogens (tertiary/aromatic N) is 3. The predicted molar refractivity (Wildman–Crippen MR) is 141 cm³/mol. The van der Waals surface area contributed by atoms with Crippen molar-refractivity contribution in [2.45, 2.75) is 43.2 Å². The highest BCUT2D eigenvalue weighted by Crippen LogP contribution is 2.36. The highest BCUT2D eigenvalue weighted by Gasteiger charge is 2.31. The third-order valence-electron chi connectivity index (χ3n) is 7.06. The normalized spacial score (nSPS) is 19.3. The van der Waals surface area contributed by atoms with Crippen LogP contribution in [0.4, 0.5) is 4.39 Å². The predicted octanol–water partition coefficient (Wildman–Crippen LogP) is 6.02. The minimum absolute atomic E-state index is 0.0468. The Morgan fingerprint density at radius 2 is 2.06 bits per heavy atom. The molecule has 1 aliphatic rings. The number of likely N-dealkylation sites (tertiary alicyclic amines) is 1. The van der Waals surface area contributed by atoms with E-state index in [-0.39, 0.29) is 18.3 Å². The van der Waals surface area contributed by atoms with E-state index in [0.29, 0.717) is 24.2 Å². The molecule has 6 nitrogen and oxygen atoms in total. The first kappa shape index (κ1) is 26.4. The highest BCUT2D eigenvalue weighted by molar-refractivity contribution is 7.99. The molecule has 3 aromatic rings. The summed E-state index contributed by atoms with van der Waals surface area (Å²) in [6.07, 6.45) is 7.28. The number of hydrogen-bond donors (Lipinski definition) is 1. The van der Waals surface area contributed by atoms with Crippen molar-refractivity contribution in [2.24, 2.45) is 11.8 Å². The molecule has 4 rings (SSSR count). The fourth-order valence-corrected chi connectivity index (χ4v) is 5.99. The van der Waals surface area contributed by atoms with Gasteiger partial charge >= 0.3 is 5.97 Å². The van der Waals surface area contributed by atoms with Crippen LogP contribution in [0.2, 0.25) is 0 Å². The molecule has 3 unspecified atom stereocenters. The third kappa shape index (κ3) is 7.17. The van der Waals surface area contributed by atoms with Crippen LogP contribution in [0.1, 0.15) is 43.8 Å². The Hall–Kier alpha value is -2.71. The minimum atomic E-state index is -1.13. The van der Waals surface area contributed by atoms with Crippen molar-refractivity contribution in [3.63, 3.8) is 0 Å². The molecule has 2 aromatic heterocycles. The summed E-state index contributed by atoms with van der Waals surface area (Å²) in [6, 6.07) is 11.3. The Kier molecular flexibility index (Phi) is 9.53. The van der Waals surface area contributed by atoms with Crippen LogP contribution in [0, 0.1) is 11.8 Å². The van der Waals surface area contributed by atoms with E-state index in [2.05, 4.69) is 14.9 Å². The van der Waals surface area contributed by atoms with E-state index in [1.54, 1.807) is 31.8 Å². The molecule has 0 spiro atoms. The molecular formula is C28H34FN3O3S. The van der Waals surface area contributed by atoms with Gasteiger partial charge in [-0.15, -0.1) is 11.8 Å². The van der Waals surface area contributed by atoms with E-state index in [0.717, 1.165) is 49.1 Å². The monoisotopic (exact) mass is 511 g/mol. The molecule has 3 heterocycles. The lowest BCUT2D eigenvalue weighted by atomic mass is 9.79. The van der Waals surface area contributed by atoms with Crippen molar-refractivity contribution >= 4 is 28.6 Å². The highest BCUT2D eigenvalue weighted by atomic mass is 32.2. The third-order valence-corrected chi connectivity index (χ3v) is 8.16. The molecule has 1 N–H and O–H groups in total. The van der Waals surface area contributed by atoms with Gasteiger partial charge in [0.2, 0.25) is 0 Å². The summed E-state index contributed by atoms with van der Waals surface area (Å²) in [5.41, 5.74) is 1.37. The molecule has 0 aliphatic carbocycles. The number of carbonyl (C=O) groups is 1. The average Bonchev–Trinajstić information content (AvgIpc) is 2.90. The number of hydrogen-bond acceptors (Lipinski definition) is 6. The van der Waals surface area contributed by atoms with Crippen LogP contribution in [0.15, 0.2) is 59.9 Å². The zero-order valence-corrected chi connectivity index (χ0v) is 21.5. The Bertz CT molecular complexity index is 1130. The molecule has 1 fully saturated rings. The van der Waals surface area contributed by atoms with E-state index < -0.39 is 12.1 Å². The summed E-state index contributed by atoms with van der Waals surface area (Å²) >= 11 is 1.82. The van der Waals surface area contributed by atoms with Gasteiger partial charge in [0.25, 0.3) is 0 Å². The Labute approximate surface area is 216 Å². The number of pyridine rings is 2. The quantitative estimate of drug-likeness (QED) is 0.235. The molecule has 8 heteroatoms. The van der Waals surface area contributed by atoms with Gasteiger partial charge in [-0.3, -0.25) is 14.8 Å². The standard InChI is InChI=1S/C28H34FN3O3S/c1-35-22-4-6-27-25(18-22)24(9-13-31-27)26(29)5-3-20-10-15-32(19-21(20)17-28(33)34)14-2-16-36-23-7-11-30-12-8-23/h4,6-9,11-13,18,20-21,26H,2-3,5,10,14-17,19H2,1H3,(H,33,34). The van der Waals surface area contributed by atoms with E-state index in [1.165, 1.54) is 4.90 Å². The van der Waals surface area contributed by atoms with Crippen LogP contribution < -0.4 is 4.74 Å². The van der Waals surface area contributed by atoms with Gasteiger partial charge in [0, 0.05) is 41.8 Å². The van der Waals surface area contributed by atoms with Crippen LogP contribution in [0.3, 0.4) is 0 Å². The van der Waals surface area contributed by atoms with E-state index in [1.807, 2.05) is 42.1 Å². The molecule has 1 saturated heterocycles. The number of rotatable bonds is 12. The second-order valence-electron chi connectivity index (χ2n) is 9.42. The van der Waals surface area contributed by atoms with Crippen molar-refractivity contribution in [1.29, 1.82) is 0 Å². The molecule has 1 aromatic carbocycles. The first-order valence-electron chi connectivity index (χ1n) is 12.6. The number of ether oxygens (including phenoxy) is 1. The van der Waals surface area contributed by atoms with Gasteiger partial charge in [-0.1, -0.05) is 0 Å². The second kappa shape index (κ2) is 13.0. The number of fused-ring (bicyclic) bond motifs is 1. The summed E-state index contributed by atoms with van der Waals surface area (Å²) in [6.45, 7) is 2.66. The van der Waals surface area contributed by atoms with Crippen molar-refractivity contribution in [2.75, 3.05) is 32.5 Å². The lowest BCUT2D eigenvalue weighted by Gasteiger charge is -2.38. The Morgan fingerprint density at radius 3 is 2.83 bits per heavy atom. The number of aliphatic carboxylic acids is 1. The summed E-state index contributed by atoms with van der Waals surface area (Å²) in [4.78, 5) is 23.6. The number of carboxylic acids is 1. The van der Waals surface area contributed by atoms with Gasteiger partial charge < -0.3 is 14.7 Å². The number of carboxylic acid groups (broad SMARTS) is 1. The van der Waals surface area contributed by atoms with Gasteiger partial charge in [-0.25, -0.2) is 4.39 Å². The van der Waals surface area contributed by atoms with Crippen LogP contribution in [0.25, 0.3) is 10.9 Å². The van der Waals surface area contributed by atoms with Gasteiger partial charge in [0.05, 0.1) is 12.6 Å². The van der Waals surface area contributed by atoms with E-state index >= 15 is 4.39 Å². The maximum Gasteiger partial charge on any atom is 0.303 e. The number of alkyl halides is 1. The lowest BCUT2D eigenvalue weighted by Crippen LogP contribution is -2.42. The maximum absolute atomic E-state index is 15.5. The molecule has 0 amide bonds. The van der Waals surface area contributed by atoms with Crippen LogP contribution >= 0.6 is 11.8 Å². The fourth-order valence-electron chi connectivity index (χ4n) is 5.17. The number of halogens is 1. The van der Waals surface area contributed by atoms with Crippen LogP contribution in [-0.4, -0.2) is 58.4 Å². The molecule has 1 aliphatic heterocycles. The topological polar surface area (TPSA) is 75.5 Å². The average molecular weight is 512 g/mol. The van der Waals surface area contributed by atoms with Gasteiger partial charge in [-0.05, 0) is 98.3 Å². The number of piperidine rings is 1. The molecule has 0 saturated carbocycles. The van der Waals surface area contributed by atoms with Gasteiger partial charge in [-0.2, -0.15) is 0 Å². The van der Waals surface area contributed by atoms with Crippen molar-refractivity contribution < 1.29 is 19.0 Å². The number of thioether (sulfide) groups is 1. The molecule has 192 valence electrons. The zero-order chi connectivity index (χ0) is 25.3. The fraction of sp³-hybridized carbons (Fsp3) is 0.464. The first-order valence-corrected chi connectivity index (χ1v) is 13.6. The van der Waals surface area contributed by atoms with Crippen molar-refractivity contribution in [3.05, 3.63) is 60.6 Å². The summed E-state index contributed by atoms with van der Waals surface area (Å²) in [5.74, 6) is 1.18. The number of aromatic nitrogens is 2. The largest absolute Gasteiger partial charge is 0.497 e. The molecule has 36 heavy (non-hydrogen) atoms. The summed E-state index contributed by atoms with van der Waals surface area (Å²) in [5, 5.41) is 10.3. The van der Waals surface area contributed by atoms with Gasteiger partial charge in [0.15, 0.2) is 0 Å². The SMILES string of the molecule is COc1ccc2nccc(C(F)CCC3CCN(CCCSc4ccncc4)CC3CC(=O)O)c2c1. The molecule has 0 radical (unpaired) electrons. The lowest BCUT2D eigenvalue weighted by molar-refractivity contribution is -0.139. The minimum Gasteiger partial charge on any atom is -0.497 e. The Balaban J connectivity index is 1.31. The first-order chi connectivity index (χ1) is 17.5. The smallest absolute Gasteiger partial charge is 0.303 e. The number of benzene rings is 1. The summed E-state index contributed by atoms with van der Waals surface area (Å²) < 4.78 is 20.8. The Morgan fingerprint density at radius 1 is 1.22 bits per heavy atom. The van der Waals surface area contributed by atoms with Crippen LogP contribution in [0.5, 0.6) is 5.75 Å². The van der Waals surface area contributed by atoms with Crippen LogP contribution in [-0.2, 0) is 4.79 Å². The van der Waals surface area contributed by atoms with Crippen molar-refractivity contribution in [1.82, 2.24) is 14.9 Å². The molecule has 3 atom stereocenters. The van der Waals surface area contributed by atoms with Gasteiger partial charge in [0.1, 0.15) is 11.9 Å². The van der Waals surface area contributed by atoms with Crippen molar-refractivity contribution in [3.8, 4) is 5.75 Å².